The van der Waals surface area contributed by atoms with E-state index in [1.807, 2.05) is 12.1 Å². The Bertz CT molecular complexity index is 228. The van der Waals surface area contributed by atoms with E-state index < -0.39 is 0 Å². The third-order valence-corrected chi connectivity index (χ3v) is 2.09. The van der Waals surface area contributed by atoms with Gasteiger partial charge in [0, 0.05) is 16.7 Å². The average Bonchev–Trinajstić information content (AvgIpc) is 2.03. The molecule has 0 aliphatic carbocycles. The number of benzene rings is 1. The Morgan fingerprint density at radius 2 is 1.83 bits per heavy atom. The van der Waals surface area contributed by atoms with E-state index in [-0.39, 0.29) is 0 Å². The molecule has 0 aliphatic rings. The molecule has 66 valence electrons. The Balaban J connectivity index is 2.48. The van der Waals surface area contributed by atoms with Crippen LogP contribution in [0.3, 0.4) is 0 Å². The number of rotatable bonds is 3. The number of halogens is 1. The molecule has 0 fully saturated rings. The van der Waals surface area contributed by atoms with Crippen molar-refractivity contribution in [2.45, 2.75) is 13.8 Å². The molecule has 1 nitrogen and oxygen atoms in total. The summed E-state index contributed by atoms with van der Waals surface area (Å²) in [6.07, 6.45) is 0. The van der Waals surface area contributed by atoms with Crippen LogP contribution in [-0.4, -0.2) is 6.54 Å². The molecule has 0 saturated carbocycles. The molecule has 0 amide bonds. The molecule has 12 heavy (non-hydrogen) atoms. The van der Waals surface area contributed by atoms with Crippen LogP contribution in [0.4, 0.5) is 5.69 Å². The predicted octanol–water partition coefficient (Wildman–Crippen LogP) is 3.52. The van der Waals surface area contributed by atoms with E-state index >= 15 is 0 Å². The second kappa shape index (κ2) is 4.51. The van der Waals surface area contributed by atoms with Crippen molar-refractivity contribution in [2.24, 2.45) is 5.92 Å². The first-order valence-corrected chi connectivity index (χ1v) is 4.97. The molecule has 0 aromatic heterocycles. The third kappa shape index (κ3) is 3.26. The molecule has 2 heteroatoms. The first-order valence-electron chi connectivity index (χ1n) is 4.18. The highest BCUT2D eigenvalue weighted by Crippen LogP contribution is 2.14. The molecule has 1 rings (SSSR count). The van der Waals surface area contributed by atoms with Gasteiger partial charge in [-0.25, -0.2) is 0 Å². The summed E-state index contributed by atoms with van der Waals surface area (Å²) < 4.78 is 1.12. The summed E-state index contributed by atoms with van der Waals surface area (Å²) in [6, 6.07) is 8.24. The minimum atomic E-state index is 0.689. The zero-order valence-corrected chi connectivity index (χ0v) is 9.06. The van der Waals surface area contributed by atoms with E-state index in [1.165, 1.54) is 5.69 Å². The second-order valence-electron chi connectivity index (χ2n) is 3.28. The number of anilines is 1. The van der Waals surface area contributed by atoms with Crippen LogP contribution in [0, 0.1) is 5.92 Å². The molecule has 0 saturated heterocycles. The van der Waals surface area contributed by atoms with Gasteiger partial charge in [0.1, 0.15) is 0 Å². The summed E-state index contributed by atoms with van der Waals surface area (Å²) in [7, 11) is 0. The van der Waals surface area contributed by atoms with Crippen LogP contribution in [-0.2, 0) is 0 Å². The number of hydrogen-bond donors (Lipinski definition) is 1. The SMILES string of the molecule is CC(C)CNc1ccc(Br)cc1. The van der Waals surface area contributed by atoms with Crippen molar-refractivity contribution >= 4 is 21.6 Å². The Morgan fingerprint density at radius 1 is 1.25 bits per heavy atom. The van der Waals surface area contributed by atoms with Crippen LogP contribution in [0.25, 0.3) is 0 Å². The average molecular weight is 228 g/mol. The lowest BCUT2D eigenvalue weighted by molar-refractivity contribution is 0.689. The van der Waals surface area contributed by atoms with Gasteiger partial charge in [0.2, 0.25) is 0 Å². The number of hydrogen-bond acceptors (Lipinski definition) is 1. The molecule has 0 spiro atoms. The normalized spacial score (nSPS) is 10.3. The van der Waals surface area contributed by atoms with Crippen molar-refractivity contribution in [3.05, 3.63) is 28.7 Å². The van der Waals surface area contributed by atoms with E-state index in [1.54, 1.807) is 0 Å². The van der Waals surface area contributed by atoms with E-state index in [0.29, 0.717) is 5.92 Å². The second-order valence-corrected chi connectivity index (χ2v) is 4.20. The summed E-state index contributed by atoms with van der Waals surface area (Å²) in [5, 5.41) is 3.35. The van der Waals surface area contributed by atoms with Gasteiger partial charge in [0.15, 0.2) is 0 Å². The van der Waals surface area contributed by atoms with Gasteiger partial charge in [-0.05, 0) is 30.2 Å². The molecule has 0 bridgehead atoms. The van der Waals surface area contributed by atoms with E-state index in [2.05, 4.69) is 47.2 Å². The van der Waals surface area contributed by atoms with Crippen molar-refractivity contribution in [2.75, 3.05) is 11.9 Å². The van der Waals surface area contributed by atoms with Gasteiger partial charge in [-0.2, -0.15) is 0 Å². The van der Waals surface area contributed by atoms with Crippen LogP contribution < -0.4 is 5.32 Å². The first kappa shape index (κ1) is 9.59. The fourth-order valence-electron chi connectivity index (χ4n) is 0.890. The molecule has 1 N–H and O–H groups in total. The van der Waals surface area contributed by atoms with Crippen LogP contribution in [0.5, 0.6) is 0 Å². The number of nitrogens with one attached hydrogen (secondary N) is 1. The zero-order chi connectivity index (χ0) is 8.97. The zero-order valence-electron chi connectivity index (χ0n) is 7.47. The van der Waals surface area contributed by atoms with Crippen LogP contribution in [0.15, 0.2) is 28.7 Å². The molecule has 0 radical (unpaired) electrons. The van der Waals surface area contributed by atoms with Gasteiger partial charge in [-0.15, -0.1) is 0 Å². The van der Waals surface area contributed by atoms with E-state index in [4.69, 9.17) is 0 Å². The standard InChI is InChI=1S/C10H14BrN/c1-8(2)7-12-10-5-3-9(11)4-6-10/h3-6,8,12H,7H2,1-2H3. The molecule has 0 unspecified atom stereocenters. The third-order valence-electron chi connectivity index (χ3n) is 1.56. The van der Waals surface area contributed by atoms with Gasteiger partial charge in [-0.3, -0.25) is 0 Å². The largest absolute Gasteiger partial charge is 0.385 e. The minimum Gasteiger partial charge on any atom is -0.385 e. The summed E-state index contributed by atoms with van der Waals surface area (Å²) in [6.45, 7) is 5.43. The highest BCUT2D eigenvalue weighted by molar-refractivity contribution is 9.10. The van der Waals surface area contributed by atoms with Crippen molar-refractivity contribution < 1.29 is 0 Å². The topological polar surface area (TPSA) is 12.0 Å². The Morgan fingerprint density at radius 3 is 2.33 bits per heavy atom. The summed E-state index contributed by atoms with van der Waals surface area (Å²) in [5.74, 6) is 0.689. The lowest BCUT2D eigenvalue weighted by atomic mass is 10.2. The fraction of sp³-hybridized carbons (Fsp3) is 0.400. The Kier molecular flexibility index (Phi) is 3.60. The molecule has 1 aromatic rings. The molecule has 1 aromatic carbocycles. The Hall–Kier alpha value is -0.500. The highest BCUT2D eigenvalue weighted by Gasteiger charge is 1.93. The maximum absolute atomic E-state index is 3.40. The van der Waals surface area contributed by atoms with Crippen LogP contribution in [0.1, 0.15) is 13.8 Å². The maximum Gasteiger partial charge on any atom is 0.0341 e. The lowest BCUT2D eigenvalue weighted by Gasteiger charge is -2.08. The summed E-state index contributed by atoms with van der Waals surface area (Å²) in [4.78, 5) is 0. The highest BCUT2D eigenvalue weighted by atomic mass is 79.9. The van der Waals surface area contributed by atoms with Gasteiger partial charge in [0.05, 0.1) is 0 Å². The van der Waals surface area contributed by atoms with E-state index in [9.17, 15) is 0 Å². The predicted molar refractivity (Wildman–Crippen MR) is 57.5 cm³/mol. The summed E-state index contributed by atoms with van der Waals surface area (Å²) in [5.41, 5.74) is 1.19. The van der Waals surface area contributed by atoms with Gasteiger partial charge >= 0.3 is 0 Å². The van der Waals surface area contributed by atoms with Gasteiger partial charge in [0.25, 0.3) is 0 Å². The van der Waals surface area contributed by atoms with Crippen LogP contribution >= 0.6 is 15.9 Å². The van der Waals surface area contributed by atoms with Crippen molar-refractivity contribution in [1.82, 2.24) is 0 Å². The monoisotopic (exact) mass is 227 g/mol. The van der Waals surface area contributed by atoms with Gasteiger partial charge < -0.3 is 5.32 Å². The first-order chi connectivity index (χ1) is 5.68. The van der Waals surface area contributed by atoms with Crippen molar-refractivity contribution in [3.8, 4) is 0 Å². The van der Waals surface area contributed by atoms with Gasteiger partial charge in [-0.1, -0.05) is 29.8 Å². The maximum atomic E-state index is 3.40. The van der Waals surface area contributed by atoms with Crippen molar-refractivity contribution in [1.29, 1.82) is 0 Å². The molecule has 0 atom stereocenters. The molecular formula is C10H14BrN. The Labute approximate surface area is 82.3 Å². The lowest BCUT2D eigenvalue weighted by Crippen LogP contribution is -2.07. The minimum absolute atomic E-state index is 0.689. The smallest absolute Gasteiger partial charge is 0.0341 e. The van der Waals surface area contributed by atoms with Crippen molar-refractivity contribution in [3.63, 3.8) is 0 Å². The molecule has 0 aliphatic heterocycles. The molecular weight excluding hydrogens is 214 g/mol. The quantitative estimate of drug-likeness (QED) is 0.834. The van der Waals surface area contributed by atoms with Crippen LogP contribution in [0.2, 0.25) is 0 Å². The molecule has 0 heterocycles. The fourth-order valence-corrected chi connectivity index (χ4v) is 1.15. The summed E-state index contributed by atoms with van der Waals surface area (Å²) >= 11 is 3.40. The van der Waals surface area contributed by atoms with E-state index in [0.717, 1.165) is 11.0 Å².